The molecule has 2 aromatic heterocycles. The molecule has 5 nitrogen and oxygen atoms in total. The van der Waals surface area contributed by atoms with Gasteiger partial charge in [-0.05, 0) is 56.4 Å². The predicted octanol–water partition coefficient (Wildman–Crippen LogP) is 4.17. The van der Waals surface area contributed by atoms with Crippen LogP contribution in [0, 0.1) is 13.8 Å². The molecule has 0 spiro atoms. The number of carbonyl (C=O) groups excluding carboxylic acids is 1. The number of fused-ring (bicyclic) bond motifs is 1. The Morgan fingerprint density at radius 1 is 1.22 bits per heavy atom. The van der Waals surface area contributed by atoms with Gasteiger partial charge in [-0.2, -0.15) is 0 Å². The summed E-state index contributed by atoms with van der Waals surface area (Å²) in [6, 6.07) is 7.92. The van der Waals surface area contributed by atoms with Crippen LogP contribution in [0.25, 0.3) is 10.2 Å². The van der Waals surface area contributed by atoms with Gasteiger partial charge in [-0.15, -0.1) is 11.3 Å². The fourth-order valence-electron chi connectivity index (χ4n) is 3.29. The zero-order chi connectivity index (χ0) is 19.0. The molecule has 0 atom stereocenters. The number of amides is 1. The monoisotopic (exact) mass is 381 g/mol. The summed E-state index contributed by atoms with van der Waals surface area (Å²) in [6.07, 6.45) is 3.13. The van der Waals surface area contributed by atoms with Crippen LogP contribution < -0.4 is 10.1 Å². The summed E-state index contributed by atoms with van der Waals surface area (Å²) in [5.74, 6) is 2.26. The Kier molecular flexibility index (Phi) is 4.83. The minimum atomic E-state index is -0.0311. The number of benzene rings is 1. The van der Waals surface area contributed by atoms with Gasteiger partial charge in [0.1, 0.15) is 16.4 Å². The van der Waals surface area contributed by atoms with Crippen LogP contribution >= 0.6 is 11.3 Å². The number of rotatable bonds is 6. The highest BCUT2D eigenvalue weighted by Gasteiger charge is 2.28. The summed E-state index contributed by atoms with van der Waals surface area (Å²) >= 11 is 1.48. The van der Waals surface area contributed by atoms with Gasteiger partial charge in [0.25, 0.3) is 5.91 Å². The van der Waals surface area contributed by atoms with Crippen LogP contribution in [0.5, 0.6) is 5.75 Å². The number of hydrogen-bond acceptors (Lipinski definition) is 5. The van der Waals surface area contributed by atoms with Gasteiger partial charge < -0.3 is 10.1 Å². The third kappa shape index (κ3) is 3.67. The van der Waals surface area contributed by atoms with Crippen LogP contribution in [0.15, 0.2) is 24.3 Å². The molecule has 1 fully saturated rings. The molecule has 0 unspecified atom stereocenters. The molecule has 0 bridgehead atoms. The highest BCUT2D eigenvalue weighted by Crippen LogP contribution is 2.40. The first-order chi connectivity index (χ1) is 13.1. The van der Waals surface area contributed by atoms with E-state index >= 15 is 0 Å². The first kappa shape index (κ1) is 17.9. The molecule has 1 amide bonds. The quantitative estimate of drug-likeness (QED) is 0.696. The number of nitrogens with zero attached hydrogens (tertiary/aromatic N) is 2. The van der Waals surface area contributed by atoms with E-state index in [1.165, 1.54) is 29.7 Å². The Morgan fingerprint density at radius 3 is 2.63 bits per heavy atom. The largest absolute Gasteiger partial charge is 0.497 e. The number of methoxy groups -OCH3 is 1. The van der Waals surface area contributed by atoms with E-state index in [1.807, 2.05) is 38.1 Å². The molecule has 1 N–H and O–H groups in total. The van der Waals surface area contributed by atoms with E-state index in [1.54, 1.807) is 7.11 Å². The summed E-state index contributed by atoms with van der Waals surface area (Å²) in [5, 5.41) is 4.07. The number of nitrogens with one attached hydrogen (secondary N) is 1. The molecule has 1 aliphatic carbocycles. The van der Waals surface area contributed by atoms with Crippen molar-refractivity contribution in [3.63, 3.8) is 0 Å². The zero-order valence-corrected chi connectivity index (χ0v) is 16.7. The minimum Gasteiger partial charge on any atom is -0.497 e. The average molecular weight is 382 g/mol. The Bertz CT molecular complexity index is 991. The topological polar surface area (TPSA) is 64.1 Å². The number of carbonyl (C=O) groups is 1. The Morgan fingerprint density at radius 2 is 1.96 bits per heavy atom. The third-order valence-electron chi connectivity index (χ3n) is 5.00. The van der Waals surface area contributed by atoms with Crippen molar-refractivity contribution < 1.29 is 9.53 Å². The van der Waals surface area contributed by atoms with Crippen molar-refractivity contribution in [2.24, 2.45) is 0 Å². The highest BCUT2D eigenvalue weighted by molar-refractivity contribution is 7.20. The lowest BCUT2D eigenvalue weighted by Crippen LogP contribution is -2.25. The maximum absolute atomic E-state index is 12.7. The molecule has 4 rings (SSSR count). The molecular formula is C21H23N3O2S. The molecule has 3 aromatic rings. The third-order valence-corrected chi connectivity index (χ3v) is 6.18. The lowest BCUT2D eigenvalue weighted by Gasteiger charge is -2.06. The van der Waals surface area contributed by atoms with Crippen LogP contribution in [-0.2, 0) is 6.42 Å². The maximum atomic E-state index is 12.7. The molecule has 0 saturated heterocycles. The molecular weight excluding hydrogens is 358 g/mol. The zero-order valence-electron chi connectivity index (χ0n) is 15.8. The van der Waals surface area contributed by atoms with Crippen molar-refractivity contribution in [1.29, 1.82) is 0 Å². The number of thiophene rings is 1. The lowest BCUT2D eigenvalue weighted by molar-refractivity contribution is 0.0957. The standard InChI is InChI=1S/C21H23N3O2S/c1-12-17-13(2)23-19(15-6-7-15)24-21(17)27-18(12)20(25)22-11-10-14-4-8-16(26-3)9-5-14/h4-5,8-9,15H,6-7,10-11H2,1-3H3,(H,22,25). The van der Waals surface area contributed by atoms with Crippen molar-refractivity contribution in [3.05, 3.63) is 51.8 Å². The molecule has 1 aromatic carbocycles. The fourth-order valence-corrected chi connectivity index (χ4v) is 4.45. The number of ether oxygens (including phenoxy) is 1. The fraction of sp³-hybridized carbons (Fsp3) is 0.381. The average Bonchev–Trinajstić information content (AvgIpc) is 3.46. The van der Waals surface area contributed by atoms with E-state index in [-0.39, 0.29) is 5.91 Å². The summed E-state index contributed by atoms with van der Waals surface area (Å²) in [5.41, 5.74) is 3.13. The van der Waals surface area contributed by atoms with E-state index < -0.39 is 0 Å². The lowest BCUT2D eigenvalue weighted by atomic mass is 10.1. The Labute approximate surface area is 162 Å². The van der Waals surface area contributed by atoms with Crippen LogP contribution in [-0.4, -0.2) is 29.5 Å². The number of aromatic nitrogens is 2. The molecule has 6 heteroatoms. The molecule has 0 aliphatic heterocycles. The van der Waals surface area contributed by atoms with Gasteiger partial charge >= 0.3 is 0 Å². The van der Waals surface area contributed by atoms with Gasteiger partial charge in [0.05, 0.1) is 17.7 Å². The number of hydrogen-bond donors (Lipinski definition) is 1. The minimum absolute atomic E-state index is 0.0311. The molecule has 0 radical (unpaired) electrons. The van der Waals surface area contributed by atoms with Crippen molar-refractivity contribution in [2.75, 3.05) is 13.7 Å². The van der Waals surface area contributed by atoms with Crippen LogP contribution in [0.2, 0.25) is 0 Å². The first-order valence-corrected chi connectivity index (χ1v) is 10.1. The van der Waals surface area contributed by atoms with Gasteiger partial charge in [0.15, 0.2) is 0 Å². The Hall–Kier alpha value is -2.47. The highest BCUT2D eigenvalue weighted by atomic mass is 32.1. The van der Waals surface area contributed by atoms with Gasteiger partial charge in [-0.25, -0.2) is 9.97 Å². The molecule has 1 aliphatic rings. The van der Waals surface area contributed by atoms with Crippen LogP contribution in [0.4, 0.5) is 0 Å². The predicted molar refractivity (Wildman–Crippen MR) is 108 cm³/mol. The van der Waals surface area contributed by atoms with E-state index in [9.17, 15) is 4.79 Å². The van der Waals surface area contributed by atoms with Crippen molar-refractivity contribution in [1.82, 2.24) is 15.3 Å². The second-order valence-electron chi connectivity index (χ2n) is 7.03. The van der Waals surface area contributed by atoms with Crippen molar-refractivity contribution >= 4 is 27.5 Å². The van der Waals surface area contributed by atoms with Crippen molar-refractivity contribution in [2.45, 2.75) is 39.0 Å². The van der Waals surface area contributed by atoms with Crippen molar-refractivity contribution in [3.8, 4) is 5.75 Å². The normalized spacial score (nSPS) is 13.7. The van der Waals surface area contributed by atoms with Crippen LogP contribution in [0.3, 0.4) is 0 Å². The van der Waals surface area contributed by atoms with Gasteiger partial charge in [0, 0.05) is 17.8 Å². The van der Waals surface area contributed by atoms with Gasteiger partial charge in [-0.1, -0.05) is 12.1 Å². The Balaban J connectivity index is 1.47. The maximum Gasteiger partial charge on any atom is 0.261 e. The summed E-state index contributed by atoms with van der Waals surface area (Å²) < 4.78 is 5.17. The van der Waals surface area contributed by atoms with E-state index in [2.05, 4.69) is 10.3 Å². The van der Waals surface area contributed by atoms with E-state index in [4.69, 9.17) is 9.72 Å². The second-order valence-corrected chi connectivity index (χ2v) is 8.03. The SMILES string of the molecule is COc1ccc(CCNC(=O)c2sc3nc(C4CC4)nc(C)c3c2C)cc1. The second kappa shape index (κ2) is 7.27. The van der Waals surface area contributed by atoms with Gasteiger partial charge in [0.2, 0.25) is 0 Å². The van der Waals surface area contributed by atoms with E-state index in [0.717, 1.165) is 44.3 Å². The molecule has 1 saturated carbocycles. The summed E-state index contributed by atoms with van der Waals surface area (Å²) in [7, 11) is 1.66. The van der Waals surface area contributed by atoms with Gasteiger partial charge in [-0.3, -0.25) is 4.79 Å². The van der Waals surface area contributed by atoms with E-state index in [0.29, 0.717) is 12.5 Å². The molecule has 140 valence electrons. The number of aryl methyl sites for hydroxylation is 2. The molecule has 27 heavy (non-hydrogen) atoms. The summed E-state index contributed by atoms with van der Waals surface area (Å²) in [4.78, 5) is 23.8. The summed E-state index contributed by atoms with van der Waals surface area (Å²) in [6.45, 7) is 4.60. The van der Waals surface area contributed by atoms with Crippen LogP contribution in [0.1, 0.15) is 51.1 Å². The molecule has 2 heterocycles. The first-order valence-electron chi connectivity index (χ1n) is 9.25. The smallest absolute Gasteiger partial charge is 0.261 e.